The molecule has 34 heavy (non-hydrogen) atoms. The van der Waals surface area contributed by atoms with Crippen LogP contribution in [0.4, 0.5) is 0 Å². The van der Waals surface area contributed by atoms with Crippen LogP contribution in [-0.4, -0.2) is 39.0 Å². The Hall–Kier alpha value is -3.85. The highest BCUT2D eigenvalue weighted by Gasteiger charge is 2.33. The van der Waals surface area contributed by atoms with Crippen molar-refractivity contribution in [1.29, 1.82) is 0 Å². The quantitative estimate of drug-likeness (QED) is 0.504. The van der Waals surface area contributed by atoms with E-state index in [9.17, 15) is 9.59 Å². The van der Waals surface area contributed by atoms with Crippen LogP contribution in [0.15, 0.2) is 63.5 Å². The zero-order valence-corrected chi connectivity index (χ0v) is 20.3. The van der Waals surface area contributed by atoms with Gasteiger partial charge in [-0.25, -0.2) is 9.79 Å². The normalized spacial score (nSPS) is 15.4. The van der Waals surface area contributed by atoms with E-state index in [1.54, 1.807) is 58.6 Å². The molecule has 0 N–H and O–H groups in total. The van der Waals surface area contributed by atoms with Gasteiger partial charge in [0.1, 0.15) is 17.2 Å². The van der Waals surface area contributed by atoms with Crippen LogP contribution in [-0.2, 0) is 9.53 Å². The number of hydrogen-bond donors (Lipinski definition) is 0. The average Bonchev–Trinajstić information content (AvgIpc) is 3.17. The molecular formula is C25H24N2O6S. The fraction of sp³-hybridized carbons (Fsp3) is 0.240. The number of allylic oxidation sites excluding steroid dienone is 1. The lowest BCUT2D eigenvalue weighted by atomic mass is 9.96. The minimum absolute atomic E-state index is 0.267. The van der Waals surface area contributed by atoms with E-state index in [0.717, 1.165) is 11.1 Å². The first-order valence-electron chi connectivity index (χ1n) is 10.4. The standard InChI is InChI=1S/C25H24N2O6S/c1-14-21(24(29)33-5)22(15-6-9-17(30-2)10-7-15)27-23(28)20(34-25(27)26-14)12-16-8-11-18(31-3)13-19(16)32-4/h6-13,22H,1-5H3/b20-12+. The van der Waals surface area contributed by atoms with Crippen LogP contribution in [0.1, 0.15) is 24.1 Å². The lowest BCUT2D eigenvalue weighted by molar-refractivity contribution is -0.136. The van der Waals surface area contributed by atoms with Crippen LogP contribution in [0.25, 0.3) is 6.08 Å². The van der Waals surface area contributed by atoms with E-state index < -0.39 is 12.0 Å². The highest BCUT2D eigenvalue weighted by atomic mass is 32.1. The summed E-state index contributed by atoms with van der Waals surface area (Å²) in [5.74, 6) is 1.35. The maximum absolute atomic E-state index is 13.6. The van der Waals surface area contributed by atoms with Gasteiger partial charge in [-0.15, -0.1) is 0 Å². The number of methoxy groups -OCH3 is 4. The lowest BCUT2D eigenvalue weighted by Gasteiger charge is -2.24. The molecule has 0 saturated carbocycles. The van der Waals surface area contributed by atoms with Gasteiger partial charge in [0.2, 0.25) is 0 Å². The Balaban J connectivity index is 1.94. The van der Waals surface area contributed by atoms with Gasteiger partial charge in [0.15, 0.2) is 4.80 Å². The Morgan fingerprint density at radius 1 is 1.00 bits per heavy atom. The Labute approximate surface area is 200 Å². The largest absolute Gasteiger partial charge is 0.497 e. The van der Waals surface area contributed by atoms with E-state index in [1.165, 1.54) is 23.0 Å². The van der Waals surface area contributed by atoms with Crippen molar-refractivity contribution in [1.82, 2.24) is 4.57 Å². The van der Waals surface area contributed by atoms with Crippen molar-refractivity contribution < 1.29 is 23.7 Å². The number of benzene rings is 2. The minimum atomic E-state index is -0.686. The number of fused-ring (bicyclic) bond motifs is 1. The van der Waals surface area contributed by atoms with E-state index >= 15 is 0 Å². The maximum atomic E-state index is 13.6. The van der Waals surface area contributed by atoms with E-state index in [4.69, 9.17) is 18.9 Å². The fourth-order valence-electron chi connectivity index (χ4n) is 3.87. The summed E-state index contributed by atoms with van der Waals surface area (Å²) in [6.45, 7) is 1.74. The summed E-state index contributed by atoms with van der Waals surface area (Å²) in [4.78, 5) is 31.4. The van der Waals surface area contributed by atoms with Crippen molar-refractivity contribution in [2.45, 2.75) is 13.0 Å². The summed E-state index contributed by atoms with van der Waals surface area (Å²) in [7, 11) is 6.03. The zero-order chi connectivity index (χ0) is 24.4. The number of thiazole rings is 1. The number of nitrogens with zero attached hydrogens (tertiary/aromatic N) is 2. The molecule has 1 aliphatic heterocycles. The van der Waals surface area contributed by atoms with Crippen molar-refractivity contribution in [3.05, 3.63) is 84.5 Å². The van der Waals surface area contributed by atoms with Gasteiger partial charge in [-0.3, -0.25) is 9.36 Å². The van der Waals surface area contributed by atoms with Gasteiger partial charge in [0, 0.05) is 11.6 Å². The Morgan fingerprint density at radius 3 is 2.29 bits per heavy atom. The van der Waals surface area contributed by atoms with Gasteiger partial charge in [-0.1, -0.05) is 23.5 Å². The minimum Gasteiger partial charge on any atom is -0.497 e. The number of esters is 1. The molecule has 1 aliphatic rings. The van der Waals surface area contributed by atoms with Crippen LogP contribution in [0.3, 0.4) is 0 Å². The smallest absolute Gasteiger partial charge is 0.338 e. The van der Waals surface area contributed by atoms with Crippen LogP contribution < -0.4 is 29.1 Å². The molecule has 0 radical (unpaired) electrons. The molecule has 0 bridgehead atoms. The zero-order valence-electron chi connectivity index (χ0n) is 19.4. The SMILES string of the molecule is COC(=O)C1=C(C)N=c2s/c(=C/c3ccc(OC)cc3OC)c(=O)n2C1c1ccc(OC)cc1. The molecule has 2 aromatic carbocycles. The third kappa shape index (κ3) is 4.10. The van der Waals surface area contributed by atoms with Crippen LogP contribution in [0.2, 0.25) is 0 Å². The van der Waals surface area contributed by atoms with Gasteiger partial charge in [0.25, 0.3) is 5.56 Å². The Kier molecular flexibility index (Phi) is 6.56. The third-order valence-corrected chi connectivity index (χ3v) is 6.57. The molecule has 0 spiro atoms. The van der Waals surface area contributed by atoms with E-state index in [-0.39, 0.29) is 5.56 Å². The molecule has 0 aliphatic carbocycles. The van der Waals surface area contributed by atoms with E-state index in [0.29, 0.717) is 37.9 Å². The molecule has 4 rings (SSSR count). The summed E-state index contributed by atoms with van der Waals surface area (Å²) in [5, 5.41) is 0. The topological polar surface area (TPSA) is 88.4 Å². The van der Waals surface area contributed by atoms with Crippen molar-refractivity contribution in [3.63, 3.8) is 0 Å². The van der Waals surface area contributed by atoms with Gasteiger partial charge in [-0.2, -0.15) is 0 Å². The molecule has 1 unspecified atom stereocenters. The number of carbonyl (C=O) groups is 1. The van der Waals surface area contributed by atoms with Gasteiger partial charge >= 0.3 is 5.97 Å². The monoisotopic (exact) mass is 480 g/mol. The van der Waals surface area contributed by atoms with Crippen LogP contribution in [0, 0.1) is 0 Å². The molecule has 1 atom stereocenters. The fourth-order valence-corrected chi connectivity index (χ4v) is 4.91. The van der Waals surface area contributed by atoms with Crippen molar-refractivity contribution in [2.24, 2.45) is 4.99 Å². The van der Waals surface area contributed by atoms with Crippen LogP contribution in [0.5, 0.6) is 17.2 Å². The first-order valence-corrected chi connectivity index (χ1v) is 11.2. The summed E-state index contributed by atoms with van der Waals surface area (Å²) in [6, 6.07) is 11.9. The van der Waals surface area contributed by atoms with Crippen molar-refractivity contribution in [2.75, 3.05) is 28.4 Å². The average molecular weight is 481 g/mol. The molecule has 176 valence electrons. The summed E-state index contributed by atoms with van der Waals surface area (Å²) in [5.41, 5.74) is 2.01. The molecule has 0 fully saturated rings. The Morgan fingerprint density at radius 2 is 1.68 bits per heavy atom. The Bertz CT molecular complexity index is 1450. The van der Waals surface area contributed by atoms with Crippen molar-refractivity contribution >= 4 is 23.4 Å². The van der Waals surface area contributed by atoms with E-state index in [1.807, 2.05) is 18.2 Å². The highest BCUT2D eigenvalue weighted by molar-refractivity contribution is 7.07. The third-order valence-electron chi connectivity index (χ3n) is 5.59. The molecule has 1 aromatic heterocycles. The van der Waals surface area contributed by atoms with Gasteiger partial charge < -0.3 is 18.9 Å². The number of ether oxygens (including phenoxy) is 4. The van der Waals surface area contributed by atoms with Gasteiger partial charge in [0.05, 0.1) is 50.3 Å². The second-order valence-corrected chi connectivity index (χ2v) is 8.46. The van der Waals surface area contributed by atoms with Gasteiger partial charge in [-0.05, 0) is 42.8 Å². The number of carbonyl (C=O) groups excluding carboxylic acids is 1. The van der Waals surface area contributed by atoms with Crippen LogP contribution >= 0.6 is 11.3 Å². The molecule has 3 aromatic rings. The summed E-state index contributed by atoms with van der Waals surface area (Å²) >= 11 is 1.25. The first kappa shape index (κ1) is 23.3. The first-order chi connectivity index (χ1) is 16.4. The highest BCUT2D eigenvalue weighted by Crippen LogP contribution is 2.31. The molecular weight excluding hydrogens is 456 g/mol. The maximum Gasteiger partial charge on any atom is 0.338 e. The second kappa shape index (κ2) is 9.56. The van der Waals surface area contributed by atoms with Crippen molar-refractivity contribution in [3.8, 4) is 17.2 Å². The van der Waals surface area contributed by atoms with E-state index in [2.05, 4.69) is 4.99 Å². The summed E-state index contributed by atoms with van der Waals surface area (Å²) < 4.78 is 23.0. The number of rotatable bonds is 6. The molecule has 2 heterocycles. The molecule has 9 heteroatoms. The molecule has 8 nitrogen and oxygen atoms in total. The second-order valence-electron chi connectivity index (χ2n) is 7.45. The predicted octanol–water partition coefficient (Wildman–Crippen LogP) is 2.43. The number of aromatic nitrogens is 1. The lowest BCUT2D eigenvalue weighted by Crippen LogP contribution is -2.39. The number of hydrogen-bond acceptors (Lipinski definition) is 8. The molecule has 0 saturated heterocycles. The predicted molar refractivity (Wildman–Crippen MR) is 128 cm³/mol. The summed E-state index contributed by atoms with van der Waals surface area (Å²) in [6.07, 6.45) is 1.75. The molecule has 0 amide bonds.